The Hall–Kier alpha value is -3.54. The summed E-state index contributed by atoms with van der Waals surface area (Å²) >= 11 is 0. The molecule has 0 radical (unpaired) electrons. The van der Waals surface area contributed by atoms with Gasteiger partial charge in [0.1, 0.15) is 11.4 Å². The van der Waals surface area contributed by atoms with Gasteiger partial charge in [0.15, 0.2) is 0 Å². The normalized spacial score (nSPS) is 18.5. The first-order valence-electron chi connectivity index (χ1n) is 13.6. The van der Waals surface area contributed by atoms with Gasteiger partial charge in [-0.15, -0.1) is 0 Å². The molecule has 2 aromatic rings. The highest BCUT2D eigenvalue weighted by atomic mass is 16.5. The van der Waals surface area contributed by atoms with Crippen LogP contribution in [0, 0.1) is 0 Å². The monoisotopic (exact) mass is 499 g/mol. The van der Waals surface area contributed by atoms with Gasteiger partial charge in [0, 0.05) is 51.0 Å². The quantitative estimate of drug-likeness (QED) is 0.621. The molecule has 1 spiro atoms. The van der Waals surface area contributed by atoms with Gasteiger partial charge in [0.25, 0.3) is 5.91 Å². The topological polar surface area (TPSA) is 61.9 Å². The number of allylic oxidation sites excluding steroid dienone is 2. The number of fused-ring (bicyclic) bond motifs is 1. The lowest BCUT2D eigenvalue weighted by molar-refractivity contribution is -0.135. The van der Waals surface area contributed by atoms with Crippen LogP contribution < -0.4 is 15.0 Å². The second kappa shape index (κ2) is 11.2. The van der Waals surface area contributed by atoms with E-state index in [4.69, 9.17) is 4.74 Å². The van der Waals surface area contributed by atoms with Crippen LogP contribution >= 0.6 is 0 Å². The molecule has 1 aliphatic carbocycles. The number of nitrogens with one attached hydrogen (secondary N) is 1. The Morgan fingerprint density at radius 1 is 0.946 bits per heavy atom. The summed E-state index contributed by atoms with van der Waals surface area (Å²) in [6, 6.07) is 17.2. The third-order valence-corrected chi connectivity index (χ3v) is 7.86. The smallest absolute Gasteiger partial charge is 0.251 e. The number of piperidine rings is 1. The fourth-order valence-electron chi connectivity index (χ4n) is 5.48. The minimum atomic E-state index is -0.283. The number of amides is 2. The molecule has 0 atom stereocenters. The summed E-state index contributed by atoms with van der Waals surface area (Å²) in [6.07, 6.45) is 11.1. The molecule has 2 amide bonds. The van der Waals surface area contributed by atoms with Crippen LogP contribution in [0.2, 0.25) is 0 Å². The van der Waals surface area contributed by atoms with Crippen LogP contribution in [0.4, 0.5) is 5.69 Å². The zero-order valence-corrected chi connectivity index (χ0v) is 21.7. The summed E-state index contributed by atoms with van der Waals surface area (Å²) in [5.41, 5.74) is 4.14. The highest BCUT2D eigenvalue weighted by Crippen LogP contribution is 2.40. The van der Waals surface area contributed by atoms with Crippen molar-refractivity contribution in [2.75, 3.05) is 31.1 Å². The molecule has 6 nitrogen and oxygen atoms in total. The van der Waals surface area contributed by atoms with E-state index in [0.717, 1.165) is 63.1 Å². The average Bonchev–Trinajstić information content (AvgIpc) is 3.09. The number of nitrogens with zero attached hydrogens (tertiary/aromatic N) is 2. The molecule has 0 bridgehead atoms. The van der Waals surface area contributed by atoms with Crippen molar-refractivity contribution >= 4 is 17.5 Å². The van der Waals surface area contributed by atoms with Crippen LogP contribution in [-0.2, 0) is 22.6 Å². The number of aryl methyl sites for hydroxylation is 1. The molecule has 37 heavy (non-hydrogen) atoms. The third kappa shape index (κ3) is 5.90. The maximum Gasteiger partial charge on any atom is 0.251 e. The maximum absolute atomic E-state index is 12.8. The molecule has 2 heterocycles. The Morgan fingerprint density at radius 2 is 1.68 bits per heavy atom. The minimum Gasteiger partial charge on any atom is -0.485 e. The lowest BCUT2D eigenvalue weighted by atomic mass is 9.87. The van der Waals surface area contributed by atoms with Gasteiger partial charge in [0.2, 0.25) is 5.91 Å². The molecule has 2 aliphatic heterocycles. The van der Waals surface area contributed by atoms with Crippen molar-refractivity contribution in [3.8, 4) is 5.75 Å². The fourth-order valence-corrected chi connectivity index (χ4v) is 5.48. The molecule has 1 saturated heterocycles. The Labute approximate surface area is 220 Å². The maximum atomic E-state index is 12.8. The Balaban J connectivity index is 1.20. The number of ether oxygens (including phenoxy) is 1. The zero-order valence-electron chi connectivity index (χ0n) is 21.7. The standard InChI is InChI=1S/C31H37N3O3/c1-2-24-12-14-25(15-13-24)23-34-21-18-31(37-28-11-7-6-10-27(28)34)16-19-33(20-17-31)29(35)22-32-30(36)26-8-4-3-5-9-26/h4,6-15H,2-3,5,16-23H2,1H3,(H,32,36). The van der Waals surface area contributed by atoms with E-state index in [1.165, 1.54) is 11.1 Å². The minimum absolute atomic E-state index is 0.0326. The number of benzene rings is 2. The number of carbonyl (C=O) groups is 2. The third-order valence-electron chi connectivity index (χ3n) is 7.86. The van der Waals surface area contributed by atoms with Crippen LogP contribution in [0.25, 0.3) is 0 Å². The van der Waals surface area contributed by atoms with Crippen LogP contribution in [0.3, 0.4) is 0 Å². The predicted molar refractivity (Wildman–Crippen MR) is 147 cm³/mol. The first-order valence-corrected chi connectivity index (χ1v) is 13.6. The molecule has 1 N–H and O–H groups in total. The number of rotatable bonds is 6. The molecule has 6 heteroatoms. The molecular formula is C31H37N3O3. The van der Waals surface area contributed by atoms with Crippen molar-refractivity contribution in [1.82, 2.24) is 10.2 Å². The van der Waals surface area contributed by atoms with Crippen LogP contribution in [-0.4, -0.2) is 48.5 Å². The summed E-state index contributed by atoms with van der Waals surface area (Å²) in [6.45, 7) is 5.23. The van der Waals surface area contributed by atoms with Gasteiger partial charge < -0.3 is 19.9 Å². The average molecular weight is 500 g/mol. The number of hydrogen-bond donors (Lipinski definition) is 1. The molecule has 3 aliphatic rings. The van der Waals surface area contributed by atoms with E-state index in [1.807, 2.05) is 29.2 Å². The molecule has 194 valence electrons. The van der Waals surface area contributed by atoms with Gasteiger partial charge in [0.05, 0.1) is 12.2 Å². The highest BCUT2D eigenvalue weighted by molar-refractivity contribution is 5.98. The summed E-state index contributed by atoms with van der Waals surface area (Å²) < 4.78 is 6.73. The second-order valence-corrected chi connectivity index (χ2v) is 10.3. The molecule has 0 saturated carbocycles. The zero-order chi connectivity index (χ0) is 25.7. The van der Waals surface area contributed by atoms with Gasteiger partial charge in [-0.25, -0.2) is 0 Å². The number of anilines is 1. The lowest BCUT2D eigenvalue weighted by Gasteiger charge is -2.41. The SMILES string of the molecule is CCc1ccc(CN2CCC3(CCN(C(=O)CNC(=O)C4=CCCC=C4)CC3)Oc3ccccc32)cc1. The number of likely N-dealkylation sites (tertiary alicyclic amines) is 1. The molecule has 0 unspecified atom stereocenters. The lowest BCUT2D eigenvalue weighted by Crippen LogP contribution is -2.52. The van der Waals surface area contributed by atoms with Crippen molar-refractivity contribution in [1.29, 1.82) is 0 Å². The van der Waals surface area contributed by atoms with Crippen LogP contribution in [0.5, 0.6) is 5.75 Å². The van der Waals surface area contributed by atoms with Crippen LogP contribution in [0.1, 0.15) is 50.2 Å². The van der Waals surface area contributed by atoms with Gasteiger partial charge in [-0.1, -0.05) is 61.5 Å². The first-order chi connectivity index (χ1) is 18.0. The van der Waals surface area contributed by atoms with E-state index in [-0.39, 0.29) is 24.0 Å². The van der Waals surface area contributed by atoms with Gasteiger partial charge in [-0.2, -0.15) is 0 Å². The summed E-state index contributed by atoms with van der Waals surface area (Å²) in [7, 11) is 0. The highest BCUT2D eigenvalue weighted by Gasteiger charge is 2.40. The molecule has 1 fully saturated rings. The Morgan fingerprint density at radius 3 is 2.41 bits per heavy atom. The molecule has 2 aromatic carbocycles. The number of para-hydroxylation sites is 2. The van der Waals surface area contributed by atoms with Gasteiger partial charge in [-0.3, -0.25) is 9.59 Å². The van der Waals surface area contributed by atoms with E-state index in [1.54, 1.807) is 0 Å². The van der Waals surface area contributed by atoms with E-state index in [0.29, 0.717) is 18.7 Å². The molecular weight excluding hydrogens is 462 g/mol. The van der Waals surface area contributed by atoms with Gasteiger partial charge in [-0.05, 0) is 42.5 Å². The number of carbonyl (C=O) groups excluding carboxylic acids is 2. The summed E-state index contributed by atoms with van der Waals surface area (Å²) in [4.78, 5) is 29.5. The van der Waals surface area contributed by atoms with E-state index < -0.39 is 0 Å². The second-order valence-electron chi connectivity index (χ2n) is 10.3. The number of hydrogen-bond acceptors (Lipinski definition) is 4. The van der Waals surface area contributed by atoms with E-state index in [9.17, 15) is 9.59 Å². The summed E-state index contributed by atoms with van der Waals surface area (Å²) in [5.74, 6) is 0.715. The summed E-state index contributed by atoms with van der Waals surface area (Å²) in [5, 5.41) is 2.79. The van der Waals surface area contributed by atoms with Crippen molar-refractivity contribution in [3.63, 3.8) is 0 Å². The predicted octanol–water partition coefficient (Wildman–Crippen LogP) is 4.79. The van der Waals surface area contributed by atoms with Gasteiger partial charge >= 0.3 is 0 Å². The van der Waals surface area contributed by atoms with Crippen LogP contribution in [0.15, 0.2) is 72.3 Å². The molecule has 0 aromatic heterocycles. The first kappa shape index (κ1) is 25.1. The fraction of sp³-hybridized carbons (Fsp3) is 0.419. The van der Waals surface area contributed by atoms with Crippen molar-refractivity contribution in [3.05, 3.63) is 83.5 Å². The molecule has 5 rings (SSSR count). The van der Waals surface area contributed by atoms with Crippen molar-refractivity contribution < 1.29 is 14.3 Å². The largest absolute Gasteiger partial charge is 0.485 e. The van der Waals surface area contributed by atoms with E-state index in [2.05, 4.69) is 59.6 Å². The Kier molecular flexibility index (Phi) is 7.63. The van der Waals surface area contributed by atoms with Crippen molar-refractivity contribution in [2.45, 2.75) is 57.6 Å². The van der Waals surface area contributed by atoms with E-state index >= 15 is 0 Å². The van der Waals surface area contributed by atoms with Crippen molar-refractivity contribution in [2.24, 2.45) is 0 Å². The Bertz CT molecular complexity index is 1180.